The summed E-state index contributed by atoms with van der Waals surface area (Å²) < 4.78 is 0. The van der Waals surface area contributed by atoms with Gasteiger partial charge in [-0.3, -0.25) is 10.1 Å². The van der Waals surface area contributed by atoms with Gasteiger partial charge in [-0.2, -0.15) is 5.26 Å². The molecule has 0 aliphatic heterocycles. The van der Waals surface area contributed by atoms with Crippen LogP contribution in [0.1, 0.15) is 30.6 Å². The number of benzene rings is 1. The Morgan fingerprint density at radius 1 is 1.52 bits per heavy atom. The molecule has 0 fully saturated rings. The standard InChI is InChI=1S/C14H17N3O4/c1-10(2)9-16(8-4-7-15)12-6-3-5-11(14(18)19)13(12)17(20)21/h3,5-6,10H,4,8-9H2,1-2H3,(H,18,19). The second-order valence-electron chi connectivity index (χ2n) is 4.98. The van der Waals surface area contributed by atoms with Gasteiger partial charge >= 0.3 is 11.7 Å². The van der Waals surface area contributed by atoms with Crippen LogP contribution in [0.2, 0.25) is 0 Å². The van der Waals surface area contributed by atoms with Crippen LogP contribution in [-0.2, 0) is 0 Å². The second-order valence-corrected chi connectivity index (χ2v) is 4.98. The molecule has 0 aromatic heterocycles. The molecule has 0 atom stereocenters. The highest BCUT2D eigenvalue weighted by Gasteiger charge is 2.27. The zero-order chi connectivity index (χ0) is 16.0. The average molecular weight is 291 g/mol. The van der Waals surface area contributed by atoms with E-state index < -0.39 is 16.6 Å². The second kappa shape index (κ2) is 7.24. The lowest BCUT2D eigenvalue weighted by Crippen LogP contribution is -2.29. The van der Waals surface area contributed by atoms with Crippen molar-refractivity contribution in [2.45, 2.75) is 20.3 Å². The number of rotatable bonds is 7. The molecule has 0 aliphatic carbocycles. The zero-order valence-electron chi connectivity index (χ0n) is 11.9. The van der Waals surface area contributed by atoms with Crippen LogP contribution < -0.4 is 4.90 Å². The van der Waals surface area contributed by atoms with Crippen molar-refractivity contribution in [2.24, 2.45) is 5.92 Å². The quantitative estimate of drug-likeness (QED) is 0.611. The van der Waals surface area contributed by atoms with Crippen molar-refractivity contribution in [1.82, 2.24) is 0 Å². The minimum absolute atomic E-state index is 0.209. The minimum atomic E-state index is -1.34. The summed E-state index contributed by atoms with van der Waals surface area (Å²) in [6.45, 7) is 4.72. The maximum atomic E-state index is 11.3. The number of para-hydroxylation sites is 1. The van der Waals surface area contributed by atoms with E-state index in [1.54, 1.807) is 4.90 Å². The van der Waals surface area contributed by atoms with Gasteiger partial charge in [-0.1, -0.05) is 19.9 Å². The van der Waals surface area contributed by atoms with E-state index in [-0.39, 0.29) is 23.6 Å². The van der Waals surface area contributed by atoms with E-state index in [0.29, 0.717) is 13.1 Å². The van der Waals surface area contributed by atoms with Crippen LogP contribution in [0.4, 0.5) is 11.4 Å². The fraction of sp³-hybridized carbons (Fsp3) is 0.429. The highest BCUT2D eigenvalue weighted by atomic mass is 16.6. The number of nitrogens with zero attached hydrogens (tertiary/aromatic N) is 3. The Bertz CT molecular complexity index is 578. The Morgan fingerprint density at radius 3 is 2.67 bits per heavy atom. The first-order valence-electron chi connectivity index (χ1n) is 6.51. The summed E-state index contributed by atoms with van der Waals surface area (Å²) in [5.74, 6) is -1.12. The molecule has 21 heavy (non-hydrogen) atoms. The maximum Gasteiger partial charge on any atom is 0.342 e. The molecule has 7 heteroatoms. The molecule has 1 N–H and O–H groups in total. The maximum absolute atomic E-state index is 11.3. The van der Waals surface area contributed by atoms with Crippen molar-refractivity contribution in [3.05, 3.63) is 33.9 Å². The lowest BCUT2D eigenvalue weighted by molar-refractivity contribution is -0.384. The monoisotopic (exact) mass is 291 g/mol. The molecule has 1 rings (SSSR count). The van der Waals surface area contributed by atoms with E-state index in [1.165, 1.54) is 18.2 Å². The molecule has 0 spiro atoms. The molecule has 0 unspecified atom stereocenters. The highest BCUT2D eigenvalue weighted by molar-refractivity contribution is 5.95. The fourth-order valence-electron chi connectivity index (χ4n) is 2.09. The largest absolute Gasteiger partial charge is 0.477 e. The molecule has 1 aromatic carbocycles. The number of nitro benzene ring substituents is 1. The van der Waals surface area contributed by atoms with E-state index in [1.807, 2.05) is 19.9 Å². The summed E-state index contributed by atoms with van der Waals surface area (Å²) in [5, 5.41) is 29.1. The average Bonchev–Trinajstić information content (AvgIpc) is 2.41. The number of nitriles is 1. The lowest BCUT2D eigenvalue weighted by atomic mass is 10.1. The number of carbonyl (C=O) groups is 1. The van der Waals surface area contributed by atoms with Gasteiger partial charge in [0.25, 0.3) is 0 Å². The van der Waals surface area contributed by atoms with Gasteiger partial charge in [-0.05, 0) is 18.1 Å². The third-order valence-electron chi connectivity index (χ3n) is 2.85. The third kappa shape index (κ3) is 4.18. The summed E-state index contributed by atoms with van der Waals surface area (Å²) >= 11 is 0. The van der Waals surface area contributed by atoms with Crippen molar-refractivity contribution in [3.63, 3.8) is 0 Å². The first-order valence-corrected chi connectivity index (χ1v) is 6.51. The van der Waals surface area contributed by atoms with E-state index >= 15 is 0 Å². The van der Waals surface area contributed by atoms with Gasteiger partial charge in [-0.25, -0.2) is 4.79 Å². The molecule has 0 radical (unpaired) electrons. The predicted molar refractivity (Wildman–Crippen MR) is 77.3 cm³/mol. The van der Waals surface area contributed by atoms with Crippen molar-refractivity contribution < 1.29 is 14.8 Å². The minimum Gasteiger partial charge on any atom is -0.477 e. The molecule has 0 heterocycles. The van der Waals surface area contributed by atoms with Gasteiger partial charge in [0.15, 0.2) is 0 Å². The summed E-state index contributed by atoms with van der Waals surface area (Å²) in [6, 6.07) is 6.21. The van der Waals surface area contributed by atoms with Crippen LogP contribution in [0.25, 0.3) is 0 Å². The molecule has 0 bridgehead atoms. The topological polar surface area (TPSA) is 107 Å². The molecule has 0 aliphatic rings. The van der Waals surface area contributed by atoms with Crippen LogP contribution in [0, 0.1) is 27.4 Å². The molecule has 0 saturated carbocycles. The van der Waals surface area contributed by atoms with Crippen molar-refractivity contribution in [3.8, 4) is 6.07 Å². The van der Waals surface area contributed by atoms with Crippen LogP contribution in [0.3, 0.4) is 0 Å². The van der Waals surface area contributed by atoms with Gasteiger partial charge in [0.05, 0.1) is 17.4 Å². The summed E-state index contributed by atoms with van der Waals surface area (Å²) in [5.41, 5.74) is -0.532. The van der Waals surface area contributed by atoms with E-state index in [0.717, 1.165) is 0 Å². The number of hydrogen-bond acceptors (Lipinski definition) is 5. The lowest BCUT2D eigenvalue weighted by Gasteiger charge is -2.25. The van der Waals surface area contributed by atoms with Gasteiger partial charge < -0.3 is 10.0 Å². The smallest absolute Gasteiger partial charge is 0.342 e. The normalized spacial score (nSPS) is 10.2. The van der Waals surface area contributed by atoms with Gasteiger partial charge in [-0.15, -0.1) is 0 Å². The predicted octanol–water partition coefficient (Wildman–Crippen LogP) is 2.67. The van der Waals surface area contributed by atoms with E-state index in [9.17, 15) is 14.9 Å². The van der Waals surface area contributed by atoms with Gasteiger partial charge in [0.2, 0.25) is 0 Å². The number of anilines is 1. The molecular weight excluding hydrogens is 274 g/mol. The summed E-state index contributed by atoms with van der Waals surface area (Å²) in [4.78, 5) is 23.4. The van der Waals surface area contributed by atoms with Gasteiger partial charge in [0, 0.05) is 13.1 Å². The third-order valence-corrected chi connectivity index (χ3v) is 2.85. The van der Waals surface area contributed by atoms with E-state index in [2.05, 4.69) is 0 Å². The molecule has 0 amide bonds. The molecule has 112 valence electrons. The fourth-order valence-corrected chi connectivity index (χ4v) is 2.09. The number of aromatic carboxylic acids is 1. The van der Waals surface area contributed by atoms with Crippen molar-refractivity contribution in [1.29, 1.82) is 5.26 Å². The Hall–Kier alpha value is -2.62. The number of hydrogen-bond donors (Lipinski definition) is 1. The SMILES string of the molecule is CC(C)CN(CCC#N)c1cccc(C(=O)O)c1[N+](=O)[O-]. The van der Waals surface area contributed by atoms with Crippen LogP contribution in [0.15, 0.2) is 18.2 Å². The molecule has 7 nitrogen and oxygen atoms in total. The van der Waals surface area contributed by atoms with Crippen molar-refractivity contribution >= 4 is 17.3 Å². The van der Waals surface area contributed by atoms with Crippen LogP contribution in [-0.4, -0.2) is 29.1 Å². The Labute approximate surface area is 122 Å². The van der Waals surface area contributed by atoms with Crippen LogP contribution >= 0.6 is 0 Å². The highest BCUT2D eigenvalue weighted by Crippen LogP contribution is 2.32. The summed E-state index contributed by atoms with van der Waals surface area (Å²) in [6.07, 6.45) is 0.209. The summed E-state index contributed by atoms with van der Waals surface area (Å²) in [7, 11) is 0. The first-order chi connectivity index (χ1) is 9.88. The molecular formula is C14H17N3O4. The Balaban J connectivity index is 3.35. The first kappa shape index (κ1) is 16.4. The zero-order valence-corrected chi connectivity index (χ0v) is 11.9. The molecule has 1 aromatic rings. The Morgan fingerprint density at radius 2 is 2.19 bits per heavy atom. The van der Waals surface area contributed by atoms with Crippen molar-refractivity contribution in [2.75, 3.05) is 18.0 Å². The van der Waals surface area contributed by atoms with Crippen LogP contribution in [0.5, 0.6) is 0 Å². The number of carboxylic acids is 1. The Kier molecular flexibility index (Phi) is 5.67. The number of nitro groups is 1. The molecule has 0 saturated heterocycles. The van der Waals surface area contributed by atoms with Gasteiger partial charge in [0.1, 0.15) is 11.3 Å². The number of carboxylic acid groups (broad SMARTS) is 1. The van der Waals surface area contributed by atoms with E-state index in [4.69, 9.17) is 10.4 Å².